The molecule has 7 nitrogen and oxygen atoms in total. The second-order valence-corrected chi connectivity index (χ2v) is 13.1. The number of hydrogen-bond acceptors (Lipinski definition) is 6. The molecule has 1 N–H and O–H groups in total. The summed E-state index contributed by atoms with van der Waals surface area (Å²) < 4.78 is 12.2. The van der Waals surface area contributed by atoms with Crippen LogP contribution in [0.1, 0.15) is 99.3 Å². The number of esters is 2. The van der Waals surface area contributed by atoms with Crippen LogP contribution in [0.3, 0.4) is 0 Å². The first kappa shape index (κ1) is 27.1. The largest absolute Gasteiger partial charge is 0.481 e. The number of fused-ring (bicyclic) bond motifs is 5. The van der Waals surface area contributed by atoms with E-state index in [-0.39, 0.29) is 82.2 Å². The smallest absolute Gasteiger partial charge is 0.303 e. The zero-order chi connectivity index (χ0) is 26.6. The summed E-state index contributed by atoms with van der Waals surface area (Å²) in [6, 6.07) is 0. The minimum absolute atomic E-state index is 0.101. The topological polar surface area (TPSA) is 107 Å². The molecule has 0 aliphatic heterocycles. The molecule has 4 saturated carbocycles. The highest BCUT2D eigenvalue weighted by atomic mass is 16.5. The van der Waals surface area contributed by atoms with Gasteiger partial charge in [0, 0.05) is 44.4 Å². The maximum atomic E-state index is 12.5. The van der Waals surface area contributed by atoms with Gasteiger partial charge in [0.15, 0.2) is 0 Å². The van der Waals surface area contributed by atoms with Crippen molar-refractivity contribution in [3.63, 3.8) is 0 Å². The van der Waals surface area contributed by atoms with Crippen molar-refractivity contribution in [2.45, 2.75) is 112 Å². The van der Waals surface area contributed by atoms with Crippen LogP contribution in [0.5, 0.6) is 0 Å². The lowest BCUT2D eigenvalue weighted by Gasteiger charge is -2.69. The molecule has 36 heavy (non-hydrogen) atoms. The number of rotatable bonds is 6. The fraction of sp³-hybridized carbons (Fsp3) is 0.862. The first-order valence-corrected chi connectivity index (χ1v) is 13.8. The zero-order valence-electron chi connectivity index (χ0n) is 22.8. The maximum absolute atomic E-state index is 12.5. The van der Waals surface area contributed by atoms with Crippen LogP contribution in [0.4, 0.5) is 0 Å². The third-order valence-corrected chi connectivity index (χ3v) is 11.5. The van der Waals surface area contributed by atoms with E-state index in [0.717, 1.165) is 19.3 Å². The quantitative estimate of drug-likeness (QED) is 0.496. The molecule has 202 valence electrons. The Bertz CT molecular complexity index is 929. The Morgan fingerprint density at radius 1 is 1.06 bits per heavy atom. The minimum atomic E-state index is -0.790. The molecule has 4 rings (SSSR count). The third kappa shape index (κ3) is 4.18. The van der Waals surface area contributed by atoms with Gasteiger partial charge in [0.1, 0.15) is 18.0 Å². The number of carboxylic acid groups (broad SMARTS) is 1. The molecule has 0 amide bonds. The maximum Gasteiger partial charge on any atom is 0.303 e. The van der Waals surface area contributed by atoms with E-state index in [1.54, 1.807) is 0 Å². The summed E-state index contributed by atoms with van der Waals surface area (Å²) in [5.74, 6) is -0.286. The first-order valence-electron chi connectivity index (χ1n) is 13.8. The third-order valence-electron chi connectivity index (χ3n) is 11.5. The van der Waals surface area contributed by atoms with Crippen molar-refractivity contribution in [2.24, 2.45) is 45.8 Å². The molecule has 7 heteroatoms. The normalized spacial score (nSPS) is 44.6. The lowest BCUT2D eigenvalue weighted by atomic mass is 9.37. The van der Waals surface area contributed by atoms with Crippen molar-refractivity contribution >= 4 is 23.7 Å². The van der Waals surface area contributed by atoms with Gasteiger partial charge in [-0.15, -0.1) is 0 Å². The average molecular weight is 505 g/mol. The fourth-order valence-electron chi connectivity index (χ4n) is 9.65. The van der Waals surface area contributed by atoms with Crippen LogP contribution >= 0.6 is 0 Å². The molecule has 0 saturated heterocycles. The Kier molecular flexibility index (Phi) is 7.11. The summed E-state index contributed by atoms with van der Waals surface area (Å²) in [6.07, 6.45) is 5.30. The number of Topliss-reactive ketones (excluding diaryl/α,β-unsaturated/α-hetero) is 1. The number of ketones is 1. The second-order valence-electron chi connectivity index (χ2n) is 13.1. The lowest BCUT2D eigenvalue weighted by Crippen LogP contribution is -2.68. The molecule has 0 spiro atoms. The summed E-state index contributed by atoms with van der Waals surface area (Å²) in [6.45, 7) is 11.9. The van der Waals surface area contributed by atoms with Crippen molar-refractivity contribution < 1.29 is 33.8 Å². The molecular formula is C29H44O7. The van der Waals surface area contributed by atoms with Gasteiger partial charge in [-0.3, -0.25) is 19.2 Å². The molecule has 4 fully saturated rings. The molecule has 4 aliphatic carbocycles. The molecule has 4 aliphatic rings. The van der Waals surface area contributed by atoms with E-state index < -0.39 is 5.97 Å². The molecule has 10 atom stereocenters. The second kappa shape index (κ2) is 9.43. The number of carbonyl (C=O) groups is 4. The van der Waals surface area contributed by atoms with E-state index in [0.29, 0.717) is 32.1 Å². The number of carbonyl (C=O) groups excluding carboxylic acids is 3. The SMILES string of the molecule is CC(=O)O[C@H]1C[C@@]2(C)[C@@H]([C@H](OC(C)=O)C[C@@H]3CC(=O)CC[C@@]32C)[C@@H]2CC[C@H]([C@H](C)CCC(=O)O)[C@@]12C. The van der Waals surface area contributed by atoms with Crippen LogP contribution in [0.15, 0.2) is 0 Å². The van der Waals surface area contributed by atoms with Crippen molar-refractivity contribution in [2.75, 3.05) is 0 Å². The van der Waals surface area contributed by atoms with E-state index in [1.165, 1.54) is 13.8 Å². The van der Waals surface area contributed by atoms with Gasteiger partial charge >= 0.3 is 17.9 Å². The summed E-state index contributed by atoms with van der Waals surface area (Å²) in [5.41, 5.74) is -0.713. The molecule has 0 heterocycles. The van der Waals surface area contributed by atoms with Crippen molar-refractivity contribution in [3.8, 4) is 0 Å². The van der Waals surface area contributed by atoms with E-state index in [1.807, 2.05) is 0 Å². The van der Waals surface area contributed by atoms with E-state index in [9.17, 15) is 24.3 Å². The lowest BCUT2D eigenvalue weighted by molar-refractivity contribution is -0.253. The highest BCUT2D eigenvalue weighted by molar-refractivity contribution is 5.79. The predicted molar refractivity (Wildman–Crippen MR) is 133 cm³/mol. The molecule has 0 unspecified atom stereocenters. The van der Waals surface area contributed by atoms with E-state index in [2.05, 4.69) is 27.7 Å². The summed E-state index contributed by atoms with van der Waals surface area (Å²) in [5, 5.41) is 9.29. The van der Waals surface area contributed by atoms with E-state index >= 15 is 0 Å². The summed E-state index contributed by atoms with van der Waals surface area (Å²) >= 11 is 0. The van der Waals surface area contributed by atoms with Crippen molar-refractivity contribution in [3.05, 3.63) is 0 Å². The minimum Gasteiger partial charge on any atom is -0.481 e. The van der Waals surface area contributed by atoms with Crippen molar-refractivity contribution in [1.82, 2.24) is 0 Å². The van der Waals surface area contributed by atoms with Gasteiger partial charge in [0.2, 0.25) is 0 Å². The van der Waals surface area contributed by atoms with Crippen LogP contribution in [-0.4, -0.2) is 41.0 Å². The molecule has 0 aromatic rings. The van der Waals surface area contributed by atoms with Gasteiger partial charge < -0.3 is 14.6 Å². The Hall–Kier alpha value is -1.92. The average Bonchev–Trinajstić information content (AvgIpc) is 3.11. The number of hydrogen-bond donors (Lipinski definition) is 1. The van der Waals surface area contributed by atoms with Gasteiger partial charge in [-0.05, 0) is 73.0 Å². The molecular weight excluding hydrogens is 460 g/mol. The Morgan fingerprint density at radius 2 is 1.72 bits per heavy atom. The fourth-order valence-corrected chi connectivity index (χ4v) is 9.65. The van der Waals surface area contributed by atoms with Gasteiger partial charge in [-0.25, -0.2) is 0 Å². The van der Waals surface area contributed by atoms with Crippen LogP contribution < -0.4 is 0 Å². The highest BCUT2D eigenvalue weighted by Crippen LogP contribution is 2.73. The Morgan fingerprint density at radius 3 is 2.33 bits per heavy atom. The van der Waals surface area contributed by atoms with Crippen LogP contribution in [0, 0.1) is 45.8 Å². The van der Waals surface area contributed by atoms with Gasteiger partial charge in [-0.1, -0.05) is 27.7 Å². The van der Waals surface area contributed by atoms with Gasteiger partial charge in [0.05, 0.1) is 0 Å². The number of ether oxygens (including phenoxy) is 2. The van der Waals surface area contributed by atoms with Gasteiger partial charge in [-0.2, -0.15) is 0 Å². The molecule has 0 aromatic carbocycles. The zero-order valence-corrected chi connectivity index (χ0v) is 22.8. The van der Waals surface area contributed by atoms with Crippen LogP contribution in [0.2, 0.25) is 0 Å². The first-order chi connectivity index (χ1) is 16.7. The summed E-state index contributed by atoms with van der Waals surface area (Å²) in [4.78, 5) is 48.5. The Balaban J connectivity index is 1.80. The molecule has 0 bridgehead atoms. The van der Waals surface area contributed by atoms with Gasteiger partial charge in [0.25, 0.3) is 0 Å². The highest BCUT2D eigenvalue weighted by Gasteiger charge is 2.71. The van der Waals surface area contributed by atoms with Crippen LogP contribution in [-0.2, 0) is 28.7 Å². The van der Waals surface area contributed by atoms with Crippen LogP contribution in [0.25, 0.3) is 0 Å². The molecule has 0 aromatic heterocycles. The van der Waals surface area contributed by atoms with E-state index in [4.69, 9.17) is 9.47 Å². The Labute approximate surface area is 215 Å². The number of aliphatic carboxylic acids is 1. The standard InChI is InChI=1S/C29H44O7/c1-16(7-10-25(33)34)21-8-9-22-26-23(35-17(2)30)14-19-13-20(32)11-12-27(19,4)28(26,5)15-24(29(21,22)6)36-18(3)31/h16,19,21-24,26H,7-15H2,1-6H3,(H,33,34)/t16-,19+,21-,22+,23-,24+,26-,27+,28+,29-/m1/s1. The summed E-state index contributed by atoms with van der Waals surface area (Å²) in [7, 11) is 0. The number of carboxylic acids is 1. The predicted octanol–water partition coefficient (Wildman–Crippen LogP) is 5.19. The molecule has 0 radical (unpaired) electrons. The van der Waals surface area contributed by atoms with Crippen molar-refractivity contribution in [1.29, 1.82) is 0 Å². The monoisotopic (exact) mass is 504 g/mol.